The summed E-state index contributed by atoms with van der Waals surface area (Å²) in [4.78, 5) is 60.7. The first-order chi connectivity index (χ1) is 34.4. The van der Waals surface area contributed by atoms with E-state index in [1.165, 1.54) is 4.90 Å². The molecule has 2 fully saturated rings. The normalized spacial score (nSPS) is 33.0. The fourth-order valence-electron chi connectivity index (χ4n) is 10.7. The zero-order valence-corrected chi connectivity index (χ0v) is 55.1. The SMILES string of the molecule is CC[C@@H]1/C=C(\C)C[C@H](C)C[C@H](OC)C(O[Si](C)(C)C(C)(C)C)[C@@H](OC)C[C@@H](C)C(=O)C(=O)N2CCCC[C@H]2C(=O)O[C@H](/C(C)=C/[C@@H]2CC[C@@H](O[Si](C)(C)C(C)(C)C)[C@H](OC)C2)[C@H](C)[C@@H](O[Si](C)(C)C(C)(C)C)CC1=O. The number of amides is 1. The third-order valence-corrected chi connectivity index (χ3v) is 32.2. The zero-order chi connectivity index (χ0) is 57.4. The van der Waals surface area contributed by atoms with E-state index in [0.717, 1.165) is 36.8 Å². The van der Waals surface area contributed by atoms with Gasteiger partial charge in [0, 0.05) is 52.0 Å². The van der Waals surface area contributed by atoms with Gasteiger partial charge >= 0.3 is 5.97 Å². The van der Waals surface area contributed by atoms with Gasteiger partial charge in [0.1, 0.15) is 17.9 Å². The van der Waals surface area contributed by atoms with Crippen LogP contribution in [0.25, 0.3) is 0 Å². The molecule has 434 valence electrons. The number of allylic oxidation sites excluding steroid dienone is 3. The van der Waals surface area contributed by atoms with E-state index in [-0.39, 0.29) is 76.4 Å². The van der Waals surface area contributed by atoms with Crippen molar-refractivity contribution in [1.82, 2.24) is 4.90 Å². The summed E-state index contributed by atoms with van der Waals surface area (Å²) in [5, 5.41) is -0.239. The molecular weight excluding hydrogens is 995 g/mol. The maximum atomic E-state index is 15.1. The van der Waals surface area contributed by atoms with Crippen LogP contribution < -0.4 is 0 Å². The molecule has 2 heterocycles. The number of Topliss-reactive ketones (excluding diaryl/α,β-unsaturated/α-hetero) is 2. The summed E-state index contributed by atoms with van der Waals surface area (Å²) < 4.78 is 47.1. The number of carbonyl (C=O) groups excluding carboxylic acids is 4. The van der Waals surface area contributed by atoms with Crippen molar-refractivity contribution in [3.63, 3.8) is 0 Å². The average molecular weight is 1110 g/mol. The van der Waals surface area contributed by atoms with Crippen LogP contribution in [-0.4, -0.2) is 130 Å². The quantitative estimate of drug-likeness (QED) is 0.0799. The van der Waals surface area contributed by atoms with Crippen LogP contribution in [0.2, 0.25) is 54.4 Å². The molecule has 0 radical (unpaired) electrons. The highest BCUT2D eigenvalue weighted by atomic mass is 28.4. The number of piperidine rings is 1. The minimum absolute atomic E-state index is 0.0167. The van der Waals surface area contributed by atoms with Gasteiger partial charge in [-0.2, -0.15) is 0 Å². The maximum Gasteiger partial charge on any atom is 0.329 e. The lowest BCUT2D eigenvalue weighted by Crippen LogP contribution is -2.54. The number of carbonyl (C=O) groups is 4. The molecule has 3 rings (SSSR count). The molecule has 1 aliphatic carbocycles. The number of hydrogen-bond acceptors (Lipinski definition) is 11. The van der Waals surface area contributed by atoms with Gasteiger partial charge in [-0.15, -0.1) is 0 Å². The van der Waals surface area contributed by atoms with Gasteiger partial charge in [-0.05, 0) is 150 Å². The van der Waals surface area contributed by atoms with E-state index in [1.807, 2.05) is 6.92 Å². The molecule has 1 unspecified atom stereocenters. The van der Waals surface area contributed by atoms with Gasteiger partial charge in [0.25, 0.3) is 5.91 Å². The first-order valence-corrected chi connectivity index (χ1v) is 37.6. The number of methoxy groups -OCH3 is 3. The van der Waals surface area contributed by atoms with Crippen LogP contribution in [0.3, 0.4) is 0 Å². The number of rotatable bonds is 12. The summed E-state index contributed by atoms with van der Waals surface area (Å²) in [7, 11) is -1.92. The van der Waals surface area contributed by atoms with Crippen LogP contribution >= 0.6 is 0 Å². The second-order valence-electron chi connectivity index (χ2n) is 28.0. The lowest BCUT2D eigenvalue weighted by Gasteiger charge is -2.44. The zero-order valence-electron chi connectivity index (χ0n) is 52.1. The number of hydrogen-bond donors (Lipinski definition) is 0. The Balaban J connectivity index is 2.27. The monoisotopic (exact) mass is 1110 g/mol. The number of nitrogens with zero attached hydrogens (tertiary/aromatic N) is 1. The van der Waals surface area contributed by atoms with Gasteiger partial charge in [0.15, 0.2) is 25.0 Å². The summed E-state index contributed by atoms with van der Waals surface area (Å²) in [5.74, 6) is -2.97. The summed E-state index contributed by atoms with van der Waals surface area (Å²) in [6, 6.07) is -0.963. The Morgan fingerprint density at radius 2 is 1.20 bits per heavy atom. The number of ether oxygens (including phenoxy) is 4. The Hall–Kier alpha value is -1.83. The van der Waals surface area contributed by atoms with Crippen LogP contribution in [0, 0.1) is 29.6 Å². The van der Waals surface area contributed by atoms with E-state index >= 15 is 4.79 Å². The Kier molecular flexibility index (Phi) is 24.8. The van der Waals surface area contributed by atoms with E-state index in [1.54, 1.807) is 28.3 Å². The highest BCUT2D eigenvalue weighted by Crippen LogP contribution is 2.44. The molecular formula is C60H111NO11Si3. The molecule has 0 bridgehead atoms. The summed E-state index contributed by atoms with van der Waals surface area (Å²) >= 11 is 0. The molecule has 0 aromatic heterocycles. The van der Waals surface area contributed by atoms with Gasteiger partial charge in [-0.1, -0.05) is 108 Å². The van der Waals surface area contributed by atoms with Crippen molar-refractivity contribution in [2.24, 2.45) is 29.6 Å². The molecule has 0 spiro atoms. The van der Waals surface area contributed by atoms with E-state index in [0.29, 0.717) is 32.1 Å². The molecule has 3 aliphatic rings. The van der Waals surface area contributed by atoms with E-state index in [2.05, 4.69) is 141 Å². The summed E-state index contributed by atoms with van der Waals surface area (Å²) in [6.45, 7) is 45.9. The van der Waals surface area contributed by atoms with Crippen molar-refractivity contribution in [3.8, 4) is 0 Å². The fraction of sp³-hybridized carbons (Fsp3) is 0.867. The standard InChI is InChI=1S/C60H111NO11Si3/c1-25-45-33-39(2)32-40(3)34-51(67-17)55(72-75(23,24)60(13,14)15)52(68-18)36-41(4)53(63)56(64)61-31-27-26-28-46(61)57(65)69-54(43(6)49(38-47(45)62)71-74(21,22)59(10,11)12)42(5)35-44-29-30-48(50(37-44)66-16)70-73(19,20)58(7,8)9/h33,35,40-41,43-46,48-52,54-55H,25-32,34,36-38H2,1-24H3/b39-33+,42-35+/t40-,41+,43+,44-,45+,46-,48+,49-,50+,51-,52-,54+,55?/m0/s1. The van der Waals surface area contributed by atoms with Crippen molar-refractivity contribution >= 4 is 48.4 Å². The molecule has 1 amide bonds. The average Bonchev–Trinajstić information content (AvgIpc) is 3.30. The largest absolute Gasteiger partial charge is 0.456 e. The molecule has 0 N–H and O–H groups in total. The minimum Gasteiger partial charge on any atom is -0.456 e. The number of esters is 1. The molecule has 1 saturated carbocycles. The third-order valence-electron chi connectivity index (χ3n) is 18.7. The smallest absolute Gasteiger partial charge is 0.329 e. The molecule has 2 aliphatic heterocycles. The van der Waals surface area contributed by atoms with Crippen molar-refractivity contribution in [3.05, 3.63) is 23.3 Å². The van der Waals surface area contributed by atoms with Crippen LogP contribution in [0.5, 0.6) is 0 Å². The van der Waals surface area contributed by atoms with Crippen LogP contribution in [0.4, 0.5) is 0 Å². The highest BCUT2D eigenvalue weighted by Gasteiger charge is 2.48. The van der Waals surface area contributed by atoms with Gasteiger partial charge in [0.05, 0.1) is 36.6 Å². The van der Waals surface area contributed by atoms with Crippen molar-refractivity contribution < 1.29 is 51.4 Å². The van der Waals surface area contributed by atoms with Gasteiger partial charge in [-0.25, -0.2) is 4.79 Å². The van der Waals surface area contributed by atoms with Crippen molar-refractivity contribution in [2.45, 2.75) is 278 Å². The lowest BCUT2D eigenvalue weighted by atomic mass is 9.81. The maximum absolute atomic E-state index is 15.1. The highest BCUT2D eigenvalue weighted by molar-refractivity contribution is 6.75. The Labute approximate surface area is 461 Å². The fourth-order valence-corrected chi connectivity index (χ4v) is 14.8. The predicted molar refractivity (Wildman–Crippen MR) is 312 cm³/mol. The molecule has 1 saturated heterocycles. The predicted octanol–water partition coefficient (Wildman–Crippen LogP) is 13.8. The Morgan fingerprint density at radius 3 is 1.72 bits per heavy atom. The lowest BCUT2D eigenvalue weighted by molar-refractivity contribution is -0.165. The first kappa shape index (κ1) is 67.4. The van der Waals surface area contributed by atoms with E-state index in [9.17, 15) is 14.4 Å². The second kappa shape index (κ2) is 27.6. The molecule has 0 aromatic rings. The molecule has 75 heavy (non-hydrogen) atoms. The Morgan fingerprint density at radius 1 is 0.680 bits per heavy atom. The molecule has 15 heteroatoms. The minimum atomic E-state index is -2.53. The van der Waals surface area contributed by atoms with Crippen LogP contribution in [0.15, 0.2) is 23.3 Å². The topological polar surface area (TPSA) is 136 Å². The third kappa shape index (κ3) is 18.1. The first-order valence-electron chi connectivity index (χ1n) is 28.9. The Bertz CT molecular complexity index is 1950. The van der Waals surface area contributed by atoms with Gasteiger partial charge in [-0.3, -0.25) is 14.4 Å². The molecule has 12 nitrogen and oxygen atoms in total. The van der Waals surface area contributed by atoms with Gasteiger partial charge in [0.2, 0.25) is 5.78 Å². The van der Waals surface area contributed by atoms with Crippen molar-refractivity contribution in [2.75, 3.05) is 27.9 Å². The van der Waals surface area contributed by atoms with Gasteiger partial charge < -0.3 is 37.1 Å². The molecule has 13 atom stereocenters. The summed E-state index contributed by atoms with van der Waals surface area (Å²) in [6.07, 6.45) is 8.00. The van der Waals surface area contributed by atoms with Crippen LogP contribution in [0.1, 0.15) is 174 Å². The van der Waals surface area contributed by atoms with E-state index < -0.39 is 84.9 Å². The number of ketones is 2. The summed E-state index contributed by atoms with van der Waals surface area (Å²) in [5.41, 5.74) is 1.99. The van der Waals surface area contributed by atoms with E-state index in [4.69, 9.17) is 32.2 Å². The van der Waals surface area contributed by atoms with Crippen LogP contribution in [-0.2, 0) is 51.4 Å². The van der Waals surface area contributed by atoms with Crippen molar-refractivity contribution in [1.29, 1.82) is 0 Å². The molecule has 0 aromatic carbocycles. The number of fused-ring (bicyclic) bond motifs is 1. The number of cyclic esters (lactones) is 1. The second-order valence-corrected chi connectivity index (χ2v) is 42.2.